The van der Waals surface area contributed by atoms with E-state index in [1.165, 1.54) is 0 Å². The minimum atomic E-state index is -0.867. The van der Waals surface area contributed by atoms with Crippen LogP contribution in [0.5, 0.6) is 5.75 Å². The maximum Gasteiger partial charge on any atom is 0.347 e. The number of amides is 1. The number of esters is 2. The molecule has 24 heavy (non-hydrogen) atoms. The Labute approximate surface area is 140 Å². The monoisotopic (exact) mass is 335 g/mol. The number of hydrogen-bond acceptors (Lipinski definition) is 6. The van der Waals surface area contributed by atoms with Gasteiger partial charge in [-0.3, -0.25) is 9.59 Å². The third kappa shape index (κ3) is 5.26. The Hall–Kier alpha value is -2.57. The van der Waals surface area contributed by atoms with Crippen LogP contribution in [0.3, 0.4) is 0 Å². The number of rotatable bonds is 8. The lowest BCUT2D eigenvalue weighted by molar-refractivity contribution is -0.159. The van der Waals surface area contributed by atoms with Crippen LogP contribution in [0, 0.1) is 0 Å². The predicted octanol–water partition coefficient (Wildman–Crippen LogP) is 1.45. The van der Waals surface area contributed by atoms with E-state index < -0.39 is 23.9 Å². The molecule has 7 nitrogen and oxygen atoms in total. The summed E-state index contributed by atoms with van der Waals surface area (Å²) in [5, 5.41) is 2.45. The second kappa shape index (κ2) is 8.90. The van der Waals surface area contributed by atoms with Gasteiger partial charge in [-0.05, 0) is 30.7 Å². The number of ether oxygens (including phenoxy) is 3. The van der Waals surface area contributed by atoms with Gasteiger partial charge in [0.15, 0.2) is 0 Å². The first-order chi connectivity index (χ1) is 11.6. The van der Waals surface area contributed by atoms with E-state index in [4.69, 9.17) is 14.2 Å². The Morgan fingerprint density at radius 2 is 2.04 bits per heavy atom. The van der Waals surface area contributed by atoms with Crippen LogP contribution in [0.2, 0.25) is 0 Å². The third-order valence-electron chi connectivity index (χ3n) is 3.44. The van der Waals surface area contributed by atoms with Crippen LogP contribution in [-0.4, -0.2) is 43.7 Å². The van der Waals surface area contributed by atoms with Crippen molar-refractivity contribution in [2.75, 3.05) is 19.8 Å². The second-order valence-corrected chi connectivity index (χ2v) is 5.34. The minimum absolute atomic E-state index is 0.246. The highest BCUT2D eigenvalue weighted by atomic mass is 16.6. The van der Waals surface area contributed by atoms with Crippen LogP contribution in [0.4, 0.5) is 0 Å². The highest BCUT2D eigenvalue weighted by Gasteiger charge is 2.30. The number of carbonyl (C=O) groups excluding carboxylic acids is 3. The molecule has 1 saturated heterocycles. The lowest BCUT2D eigenvalue weighted by Gasteiger charge is -2.09. The van der Waals surface area contributed by atoms with Crippen molar-refractivity contribution >= 4 is 17.8 Å². The summed E-state index contributed by atoms with van der Waals surface area (Å²) in [5.41, 5.74) is 0.408. The molecule has 0 spiro atoms. The molecule has 0 aliphatic carbocycles. The van der Waals surface area contributed by atoms with Gasteiger partial charge in [-0.25, -0.2) is 4.79 Å². The smallest absolute Gasteiger partial charge is 0.347 e. The minimum Gasteiger partial charge on any atom is -0.494 e. The summed E-state index contributed by atoms with van der Waals surface area (Å²) in [4.78, 5) is 34.8. The van der Waals surface area contributed by atoms with E-state index in [1.807, 2.05) is 0 Å². The Kier molecular flexibility index (Phi) is 6.60. The van der Waals surface area contributed by atoms with Gasteiger partial charge < -0.3 is 19.5 Å². The molecule has 0 unspecified atom stereocenters. The lowest BCUT2D eigenvalue weighted by Crippen LogP contribution is -2.33. The zero-order chi connectivity index (χ0) is 17.4. The number of nitrogens with one attached hydrogen (secondary N) is 1. The maximum absolute atomic E-state index is 12.0. The van der Waals surface area contributed by atoms with Gasteiger partial charge in [-0.1, -0.05) is 13.3 Å². The molecule has 1 aliphatic rings. The molecule has 1 N–H and O–H groups in total. The summed E-state index contributed by atoms with van der Waals surface area (Å²) in [6, 6.07) is 6.65. The molecule has 2 rings (SSSR count). The number of hydrogen-bond donors (Lipinski definition) is 1. The van der Waals surface area contributed by atoms with E-state index >= 15 is 0 Å². The maximum atomic E-state index is 12.0. The van der Waals surface area contributed by atoms with E-state index in [0.29, 0.717) is 24.3 Å². The molecule has 0 bridgehead atoms. The first-order valence-electron chi connectivity index (χ1n) is 7.97. The van der Waals surface area contributed by atoms with Crippen LogP contribution >= 0.6 is 0 Å². The molecule has 7 heteroatoms. The Bertz CT molecular complexity index is 583. The number of cyclic esters (lactones) is 1. The largest absolute Gasteiger partial charge is 0.494 e. The van der Waals surface area contributed by atoms with Crippen molar-refractivity contribution in [3.63, 3.8) is 0 Å². The Balaban J connectivity index is 1.75. The molecule has 0 radical (unpaired) electrons. The molecule has 1 aromatic rings. The van der Waals surface area contributed by atoms with Gasteiger partial charge >= 0.3 is 11.9 Å². The number of benzene rings is 1. The molecule has 0 aromatic heterocycles. The summed E-state index contributed by atoms with van der Waals surface area (Å²) in [5.74, 6) is -0.930. The molecular formula is C17H21NO6. The van der Waals surface area contributed by atoms with Crippen LogP contribution in [-0.2, 0) is 19.1 Å². The molecule has 1 amide bonds. The van der Waals surface area contributed by atoms with Crippen LogP contribution in [0.1, 0.15) is 36.5 Å². The molecular weight excluding hydrogens is 314 g/mol. The van der Waals surface area contributed by atoms with E-state index in [-0.39, 0.29) is 13.2 Å². The van der Waals surface area contributed by atoms with E-state index in [9.17, 15) is 14.4 Å². The van der Waals surface area contributed by atoms with Crippen LogP contribution in [0.15, 0.2) is 24.3 Å². The molecule has 1 heterocycles. The molecule has 1 atom stereocenters. The SMILES string of the molecule is CCCCOc1ccc(C(=O)NCC(=O)O[C@H]2CCOC2=O)cc1. The summed E-state index contributed by atoms with van der Waals surface area (Å²) >= 11 is 0. The molecule has 130 valence electrons. The fourth-order valence-electron chi connectivity index (χ4n) is 2.08. The summed E-state index contributed by atoms with van der Waals surface area (Å²) < 4.78 is 15.1. The van der Waals surface area contributed by atoms with E-state index in [1.54, 1.807) is 24.3 Å². The molecule has 1 aliphatic heterocycles. The van der Waals surface area contributed by atoms with Gasteiger partial charge in [-0.15, -0.1) is 0 Å². The quantitative estimate of drug-likeness (QED) is 0.571. The van der Waals surface area contributed by atoms with Gasteiger partial charge in [0.1, 0.15) is 12.3 Å². The van der Waals surface area contributed by atoms with Crippen molar-refractivity contribution < 1.29 is 28.6 Å². The van der Waals surface area contributed by atoms with Gasteiger partial charge in [0.25, 0.3) is 5.91 Å². The summed E-state index contributed by atoms with van der Waals surface area (Å²) in [6.07, 6.45) is 1.50. The van der Waals surface area contributed by atoms with Gasteiger partial charge in [0.2, 0.25) is 6.10 Å². The zero-order valence-corrected chi connectivity index (χ0v) is 13.6. The lowest BCUT2D eigenvalue weighted by atomic mass is 10.2. The van der Waals surface area contributed by atoms with Crippen LogP contribution in [0.25, 0.3) is 0 Å². The van der Waals surface area contributed by atoms with E-state index in [0.717, 1.165) is 12.8 Å². The molecule has 1 fully saturated rings. The van der Waals surface area contributed by atoms with Crippen LogP contribution < -0.4 is 10.1 Å². The third-order valence-corrected chi connectivity index (χ3v) is 3.44. The van der Waals surface area contributed by atoms with E-state index in [2.05, 4.69) is 12.2 Å². The average Bonchev–Trinajstić information content (AvgIpc) is 2.98. The van der Waals surface area contributed by atoms with Crippen molar-refractivity contribution in [3.05, 3.63) is 29.8 Å². The molecule has 1 aromatic carbocycles. The zero-order valence-electron chi connectivity index (χ0n) is 13.6. The fourth-order valence-corrected chi connectivity index (χ4v) is 2.08. The standard InChI is InChI=1S/C17H21NO6/c1-2-3-9-22-13-6-4-12(5-7-13)16(20)18-11-15(19)24-14-8-10-23-17(14)21/h4-7,14H,2-3,8-11H2,1H3,(H,18,20)/t14-/m0/s1. The summed E-state index contributed by atoms with van der Waals surface area (Å²) in [6.45, 7) is 2.65. The summed E-state index contributed by atoms with van der Waals surface area (Å²) in [7, 11) is 0. The average molecular weight is 335 g/mol. The first kappa shape index (κ1) is 17.8. The van der Waals surface area contributed by atoms with Gasteiger partial charge in [0, 0.05) is 12.0 Å². The van der Waals surface area contributed by atoms with Gasteiger partial charge in [0.05, 0.1) is 13.2 Å². The van der Waals surface area contributed by atoms with Crippen molar-refractivity contribution in [3.8, 4) is 5.75 Å². The first-order valence-corrected chi connectivity index (χ1v) is 7.97. The highest BCUT2D eigenvalue weighted by molar-refractivity contribution is 5.96. The van der Waals surface area contributed by atoms with Crippen molar-refractivity contribution in [1.82, 2.24) is 5.32 Å². The van der Waals surface area contributed by atoms with Gasteiger partial charge in [-0.2, -0.15) is 0 Å². The Morgan fingerprint density at radius 1 is 1.29 bits per heavy atom. The second-order valence-electron chi connectivity index (χ2n) is 5.34. The normalized spacial score (nSPS) is 16.4. The van der Waals surface area contributed by atoms with Crippen molar-refractivity contribution in [2.45, 2.75) is 32.3 Å². The number of carbonyl (C=O) groups is 3. The number of unbranched alkanes of at least 4 members (excludes halogenated alkanes) is 1. The topological polar surface area (TPSA) is 90.9 Å². The fraction of sp³-hybridized carbons (Fsp3) is 0.471. The molecule has 0 saturated carbocycles. The van der Waals surface area contributed by atoms with Crippen molar-refractivity contribution in [1.29, 1.82) is 0 Å². The Morgan fingerprint density at radius 3 is 2.67 bits per heavy atom. The van der Waals surface area contributed by atoms with Crippen molar-refractivity contribution in [2.24, 2.45) is 0 Å². The highest BCUT2D eigenvalue weighted by Crippen LogP contribution is 2.13. The predicted molar refractivity (Wildman–Crippen MR) is 84.6 cm³/mol.